The fourth-order valence-corrected chi connectivity index (χ4v) is 2.21. The number of benzene rings is 1. The first-order valence-corrected chi connectivity index (χ1v) is 7.56. The van der Waals surface area contributed by atoms with Gasteiger partial charge in [0.05, 0.1) is 6.61 Å². The fourth-order valence-electron chi connectivity index (χ4n) is 2.21. The fraction of sp³-hybridized carbons (Fsp3) is 0.412. The number of aliphatic hydroxyl groups is 1. The highest BCUT2D eigenvalue weighted by Crippen LogP contribution is 2.14. The Labute approximate surface area is 135 Å². The molecule has 2 rings (SSSR count). The van der Waals surface area contributed by atoms with Gasteiger partial charge >= 0.3 is 0 Å². The third-order valence-electron chi connectivity index (χ3n) is 3.55. The van der Waals surface area contributed by atoms with Crippen LogP contribution in [-0.2, 0) is 16.0 Å². The number of allylic oxidation sites excluding steroid dienone is 1. The average Bonchev–Trinajstić information content (AvgIpc) is 2.52. The molecule has 0 aliphatic carbocycles. The van der Waals surface area contributed by atoms with E-state index in [9.17, 15) is 9.59 Å². The van der Waals surface area contributed by atoms with Crippen LogP contribution in [0.5, 0.6) is 5.75 Å². The van der Waals surface area contributed by atoms with E-state index in [1.54, 1.807) is 0 Å². The Balaban J connectivity index is 1.92. The van der Waals surface area contributed by atoms with Crippen molar-refractivity contribution < 1.29 is 19.4 Å². The summed E-state index contributed by atoms with van der Waals surface area (Å²) in [4.78, 5) is 23.6. The Morgan fingerprint density at radius 1 is 1.13 bits per heavy atom. The molecule has 23 heavy (non-hydrogen) atoms. The zero-order chi connectivity index (χ0) is 16.8. The number of rotatable bonds is 6. The predicted octanol–water partition coefficient (Wildman–Crippen LogP) is 0.550. The Kier molecular flexibility index (Phi) is 5.76. The van der Waals surface area contributed by atoms with Gasteiger partial charge < -0.3 is 20.5 Å². The minimum Gasteiger partial charge on any atom is -0.490 e. The molecule has 3 N–H and O–H groups in total. The first-order valence-electron chi connectivity index (χ1n) is 7.56. The summed E-state index contributed by atoms with van der Waals surface area (Å²) in [6.45, 7) is 4.14. The van der Waals surface area contributed by atoms with Gasteiger partial charge in [-0.2, -0.15) is 0 Å². The van der Waals surface area contributed by atoms with E-state index in [0.29, 0.717) is 13.0 Å². The van der Waals surface area contributed by atoms with Gasteiger partial charge in [-0.3, -0.25) is 9.59 Å². The summed E-state index contributed by atoms with van der Waals surface area (Å²) in [6, 6.07) is 5.94. The Bertz CT molecular complexity index is 591. The molecule has 0 saturated carbocycles. The first kappa shape index (κ1) is 17.0. The van der Waals surface area contributed by atoms with E-state index in [4.69, 9.17) is 9.84 Å². The number of carbonyl (C=O) groups excluding carboxylic acids is 2. The monoisotopic (exact) mass is 318 g/mol. The van der Waals surface area contributed by atoms with Gasteiger partial charge in [0, 0.05) is 6.42 Å². The largest absolute Gasteiger partial charge is 0.490 e. The number of carbonyl (C=O) groups is 2. The van der Waals surface area contributed by atoms with E-state index in [2.05, 4.69) is 10.6 Å². The van der Waals surface area contributed by atoms with Gasteiger partial charge in [-0.15, -0.1) is 0 Å². The lowest BCUT2D eigenvalue weighted by molar-refractivity contribution is -0.137. The summed E-state index contributed by atoms with van der Waals surface area (Å²) in [5.41, 5.74) is 2.12. The predicted molar refractivity (Wildman–Crippen MR) is 86.0 cm³/mol. The van der Waals surface area contributed by atoms with Crippen molar-refractivity contribution in [2.45, 2.75) is 32.4 Å². The highest BCUT2D eigenvalue weighted by molar-refractivity contribution is 5.97. The van der Waals surface area contributed by atoms with E-state index >= 15 is 0 Å². The summed E-state index contributed by atoms with van der Waals surface area (Å²) in [5.74, 6) is 0.107. The van der Waals surface area contributed by atoms with Crippen molar-refractivity contribution in [2.24, 2.45) is 0 Å². The van der Waals surface area contributed by atoms with Crippen LogP contribution >= 0.6 is 0 Å². The van der Waals surface area contributed by atoms with E-state index in [-0.39, 0.29) is 11.8 Å². The van der Waals surface area contributed by atoms with Crippen molar-refractivity contribution in [2.75, 3.05) is 13.2 Å². The number of nitrogens with one attached hydrogen (secondary N) is 2. The number of aliphatic hydroxyl groups excluding tert-OH is 1. The molecule has 0 radical (unpaired) electrons. The SMILES string of the molecule is CC(C)=CCOc1ccc(C[C@@H]2NC(=O)[C@H](CO)NC2=O)cc1. The van der Waals surface area contributed by atoms with Gasteiger partial charge in [0.1, 0.15) is 24.4 Å². The topological polar surface area (TPSA) is 87.7 Å². The van der Waals surface area contributed by atoms with E-state index in [1.807, 2.05) is 44.2 Å². The van der Waals surface area contributed by atoms with Gasteiger partial charge in [-0.1, -0.05) is 17.7 Å². The van der Waals surface area contributed by atoms with Gasteiger partial charge in [0.15, 0.2) is 0 Å². The number of hydrogen-bond donors (Lipinski definition) is 3. The number of ether oxygens (including phenoxy) is 1. The highest BCUT2D eigenvalue weighted by Gasteiger charge is 2.32. The lowest BCUT2D eigenvalue weighted by atomic mass is 10.0. The third-order valence-corrected chi connectivity index (χ3v) is 3.55. The molecule has 0 spiro atoms. The summed E-state index contributed by atoms with van der Waals surface area (Å²) in [5, 5.41) is 14.1. The second-order valence-corrected chi connectivity index (χ2v) is 5.75. The maximum Gasteiger partial charge on any atom is 0.245 e. The molecule has 1 heterocycles. The molecule has 0 bridgehead atoms. The van der Waals surface area contributed by atoms with Crippen LogP contribution in [0.2, 0.25) is 0 Å². The van der Waals surface area contributed by atoms with Crippen LogP contribution in [0.25, 0.3) is 0 Å². The molecule has 1 fully saturated rings. The molecular weight excluding hydrogens is 296 g/mol. The van der Waals surface area contributed by atoms with Crippen LogP contribution in [0.1, 0.15) is 19.4 Å². The van der Waals surface area contributed by atoms with E-state index in [0.717, 1.165) is 11.3 Å². The number of piperazine rings is 1. The van der Waals surface area contributed by atoms with Crippen LogP contribution in [0.15, 0.2) is 35.9 Å². The van der Waals surface area contributed by atoms with Crippen LogP contribution < -0.4 is 15.4 Å². The maximum absolute atomic E-state index is 11.9. The molecular formula is C17H22N2O4. The number of hydrogen-bond acceptors (Lipinski definition) is 4. The van der Waals surface area contributed by atoms with Crippen LogP contribution in [0.3, 0.4) is 0 Å². The average molecular weight is 318 g/mol. The second-order valence-electron chi connectivity index (χ2n) is 5.75. The standard InChI is InChI=1S/C17H22N2O4/c1-11(2)7-8-23-13-5-3-12(4-6-13)9-14-16(21)19-15(10-20)17(22)18-14/h3-7,14-15,20H,8-10H2,1-2H3,(H,18,22)(H,19,21)/t14-,15-/m0/s1. The van der Waals surface area contributed by atoms with Crippen molar-refractivity contribution in [1.29, 1.82) is 0 Å². The molecule has 1 aliphatic heterocycles. The molecule has 2 amide bonds. The third kappa shape index (κ3) is 4.82. The Hall–Kier alpha value is -2.34. The van der Waals surface area contributed by atoms with E-state index < -0.39 is 18.7 Å². The maximum atomic E-state index is 11.9. The van der Waals surface area contributed by atoms with Crippen LogP contribution in [-0.4, -0.2) is 42.2 Å². The summed E-state index contributed by atoms with van der Waals surface area (Å²) in [7, 11) is 0. The lowest BCUT2D eigenvalue weighted by Gasteiger charge is -2.28. The van der Waals surface area contributed by atoms with E-state index in [1.165, 1.54) is 5.57 Å². The zero-order valence-electron chi connectivity index (χ0n) is 13.3. The Morgan fingerprint density at radius 2 is 1.74 bits per heavy atom. The van der Waals surface area contributed by atoms with Crippen molar-refractivity contribution >= 4 is 11.8 Å². The van der Waals surface area contributed by atoms with Gasteiger partial charge in [0.25, 0.3) is 0 Å². The molecule has 1 aromatic carbocycles. The first-order chi connectivity index (χ1) is 11.0. The molecule has 1 saturated heterocycles. The quantitative estimate of drug-likeness (QED) is 0.669. The minimum absolute atomic E-state index is 0.285. The molecule has 124 valence electrons. The lowest BCUT2D eigenvalue weighted by Crippen LogP contribution is -2.63. The van der Waals surface area contributed by atoms with Gasteiger partial charge in [-0.05, 0) is 37.6 Å². The van der Waals surface area contributed by atoms with Crippen LogP contribution in [0.4, 0.5) is 0 Å². The molecule has 6 heteroatoms. The van der Waals surface area contributed by atoms with Crippen molar-refractivity contribution in [3.8, 4) is 5.75 Å². The van der Waals surface area contributed by atoms with Gasteiger partial charge in [0.2, 0.25) is 11.8 Å². The normalized spacial score (nSPS) is 20.5. The molecule has 1 aliphatic rings. The van der Waals surface area contributed by atoms with Crippen molar-refractivity contribution in [1.82, 2.24) is 10.6 Å². The molecule has 2 atom stereocenters. The van der Waals surface area contributed by atoms with Gasteiger partial charge in [-0.25, -0.2) is 0 Å². The van der Waals surface area contributed by atoms with Crippen molar-refractivity contribution in [3.63, 3.8) is 0 Å². The molecule has 0 aromatic heterocycles. The molecule has 1 aromatic rings. The highest BCUT2D eigenvalue weighted by atomic mass is 16.5. The Morgan fingerprint density at radius 3 is 2.35 bits per heavy atom. The zero-order valence-corrected chi connectivity index (χ0v) is 13.3. The summed E-state index contributed by atoms with van der Waals surface area (Å²) < 4.78 is 5.58. The molecule has 0 unspecified atom stereocenters. The molecule has 6 nitrogen and oxygen atoms in total. The van der Waals surface area contributed by atoms with Crippen LogP contribution in [0, 0.1) is 0 Å². The van der Waals surface area contributed by atoms with Crippen molar-refractivity contribution in [3.05, 3.63) is 41.5 Å². The summed E-state index contributed by atoms with van der Waals surface area (Å²) >= 11 is 0. The second kappa shape index (κ2) is 7.78. The smallest absolute Gasteiger partial charge is 0.245 e. The summed E-state index contributed by atoms with van der Waals surface area (Å²) in [6.07, 6.45) is 2.39. The number of amides is 2. The minimum atomic E-state index is -0.857.